The van der Waals surface area contributed by atoms with Gasteiger partial charge < -0.3 is 19.5 Å². The Balaban J connectivity index is 1.18. The van der Waals surface area contributed by atoms with Gasteiger partial charge in [-0.05, 0) is 98.8 Å². The maximum absolute atomic E-state index is 15.2. The van der Waals surface area contributed by atoms with E-state index in [0.717, 1.165) is 37.3 Å². The number of carboxylic acid groups (broad SMARTS) is 1. The van der Waals surface area contributed by atoms with E-state index < -0.39 is 30.1 Å². The molecule has 1 atom stereocenters. The minimum atomic E-state index is -4.80. The number of benzene rings is 2. The van der Waals surface area contributed by atoms with Gasteiger partial charge in [0.25, 0.3) is 5.91 Å². The van der Waals surface area contributed by atoms with Crippen molar-refractivity contribution < 1.29 is 41.7 Å². The van der Waals surface area contributed by atoms with E-state index >= 15 is 4.39 Å². The van der Waals surface area contributed by atoms with Crippen molar-refractivity contribution in [2.45, 2.75) is 63.4 Å². The topological polar surface area (TPSA) is 79.3 Å². The Morgan fingerprint density at radius 2 is 1.73 bits per heavy atom. The number of halogens is 5. The monoisotopic (exact) mass is 598 g/mol. The zero-order chi connectivity index (χ0) is 29.3. The highest BCUT2D eigenvalue weighted by Gasteiger charge is 2.37. The molecule has 2 aromatic rings. The maximum Gasteiger partial charge on any atom is 0.573 e. The lowest BCUT2D eigenvalue weighted by atomic mass is 9.97. The number of hydrogen-bond acceptors (Lipinski definition) is 5. The Morgan fingerprint density at radius 3 is 2.39 bits per heavy atom. The largest absolute Gasteiger partial charge is 0.573 e. The smallest absolute Gasteiger partial charge is 0.493 e. The van der Waals surface area contributed by atoms with Crippen LogP contribution in [0.15, 0.2) is 30.3 Å². The number of nitrogens with zero attached hydrogens (tertiary/aromatic N) is 2. The van der Waals surface area contributed by atoms with E-state index in [0.29, 0.717) is 50.4 Å². The van der Waals surface area contributed by atoms with Gasteiger partial charge in [0.15, 0.2) is 0 Å². The summed E-state index contributed by atoms with van der Waals surface area (Å²) >= 11 is 5.99. The first-order valence-corrected chi connectivity index (χ1v) is 14.1. The Labute approximate surface area is 240 Å². The Bertz CT molecular complexity index is 1290. The summed E-state index contributed by atoms with van der Waals surface area (Å²) in [7, 11) is 0. The summed E-state index contributed by atoms with van der Waals surface area (Å²) < 4.78 is 63.1. The molecule has 1 unspecified atom stereocenters. The number of carbonyl (C=O) groups excluding carboxylic acids is 1. The average Bonchev–Trinajstić information content (AvgIpc) is 3.61. The molecule has 12 heteroatoms. The predicted octanol–water partition coefficient (Wildman–Crippen LogP) is 6.24. The second kappa shape index (κ2) is 12.1. The van der Waals surface area contributed by atoms with E-state index in [1.54, 1.807) is 6.07 Å². The summed E-state index contributed by atoms with van der Waals surface area (Å²) in [6.07, 6.45) is -0.484. The lowest BCUT2D eigenvalue weighted by Crippen LogP contribution is -2.40. The van der Waals surface area contributed by atoms with Gasteiger partial charge in [0, 0.05) is 24.2 Å². The molecule has 222 valence electrons. The zero-order valence-corrected chi connectivity index (χ0v) is 23.0. The first kappa shape index (κ1) is 29.4. The fraction of sp³-hybridized carbons (Fsp3) is 0.517. The molecule has 0 radical (unpaired) electrons. The lowest BCUT2D eigenvalue weighted by Gasteiger charge is -2.32. The maximum atomic E-state index is 15.2. The van der Waals surface area contributed by atoms with Crippen LogP contribution in [0.3, 0.4) is 0 Å². The minimum Gasteiger partial charge on any atom is -0.493 e. The van der Waals surface area contributed by atoms with E-state index in [2.05, 4.69) is 9.64 Å². The molecule has 3 fully saturated rings. The molecule has 1 N–H and O–H groups in total. The van der Waals surface area contributed by atoms with Crippen molar-refractivity contribution in [2.24, 2.45) is 5.92 Å². The number of carbonyl (C=O) groups is 2. The van der Waals surface area contributed by atoms with Gasteiger partial charge in [-0.1, -0.05) is 11.6 Å². The quantitative estimate of drug-likeness (QED) is 0.345. The van der Waals surface area contributed by atoms with Crippen molar-refractivity contribution in [2.75, 3.05) is 26.2 Å². The van der Waals surface area contributed by atoms with E-state index in [9.17, 15) is 27.9 Å². The lowest BCUT2D eigenvalue weighted by molar-refractivity contribution is -0.274. The number of ether oxygens (including phenoxy) is 2. The first-order valence-electron chi connectivity index (χ1n) is 13.7. The van der Waals surface area contributed by atoms with Crippen LogP contribution >= 0.6 is 11.6 Å². The van der Waals surface area contributed by atoms with Crippen LogP contribution in [0.25, 0.3) is 0 Å². The molecule has 1 aliphatic carbocycles. The number of amides is 1. The van der Waals surface area contributed by atoms with E-state index in [4.69, 9.17) is 16.3 Å². The number of carboxylic acids is 1. The standard InChI is InChI=1S/C29H31ClF4N2O5/c30-20-10-18(11-21(12-20)41-29(32,33)34)15-35-8-5-17(6-9-35)16-40-26-14-24(31)23(13-22(26)19-3-4-19)27(37)36-7-1-2-25(36)28(38)39/h10-14,17,19,25H,1-9,15-16H2,(H,38,39). The molecule has 0 bridgehead atoms. The molecule has 1 saturated carbocycles. The number of aliphatic carboxylic acids is 1. The molecule has 7 nitrogen and oxygen atoms in total. The molecular formula is C29H31ClF4N2O5. The van der Waals surface area contributed by atoms with Crippen LogP contribution in [0.1, 0.15) is 65.9 Å². The third-order valence-electron chi connectivity index (χ3n) is 7.90. The van der Waals surface area contributed by atoms with Crippen molar-refractivity contribution in [1.29, 1.82) is 0 Å². The second-order valence-electron chi connectivity index (χ2n) is 11.0. The highest BCUT2D eigenvalue weighted by atomic mass is 35.5. The van der Waals surface area contributed by atoms with Gasteiger partial charge in [0.1, 0.15) is 23.4 Å². The Kier molecular flexibility index (Phi) is 8.65. The zero-order valence-electron chi connectivity index (χ0n) is 22.3. The highest BCUT2D eigenvalue weighted by molar-refractivity contribution is 6.30. The molecule has 2 heterocycles. The predicted molar refractivity (Wildman–Crippen MR) is 142 cm³/mol. The van der Waals surface area contributed by atoms with Gasteiger partial charge in [-0.15, -0.1) is 13.2 Å². The van der Waals surface area contributed by atoms with Crippen molar-refractivity contribution in [3.63, 3.8) is 0 Å². The first-order chi connectivity index (χ1) is 19.5. The van der Waals surface area contributed by atoms with Gasteiger partial charge in [0.05, 0.1) is 12.2 Å². The third-order valence-corrected chi connectivity index (χ3v) is 8.12. The summed E-state index contributed by atoms with van der Waals surface area (Å²) in [6, 6.07) is 5.93. The van der Waals surface area contributed by atoms with Gasteiger partial charge in [-0.25, -0.2) is 9.18 Å². The average molecular weight is 599 g/mol. The molecule has 2 saturated heterocycles. The van der Waals surface area contributed by atoms with Crippen LogP contribution in [0.4, 0.5) is 17.6 Å². The van der Waals surface area contributed by atoms with Crippen molar-refractivity contribution in [3.05, 3.63) is 57.9 Å². The molecule has 0 aromatic heterocycles. The molecule has 41 heavy (non-hydrogen) atoms. The van der Waals surface area contributed by atoms with Crippen LogP contribution in [0, 0.1) is 11.7 Å². The van der Waals surface area contributed by atoms with E-state index in [1.165, 1.54) is 23.1 Å². The van der Waals surface area contributed by atoms with Crippen LogP contribution in [-0.2, 0) is 11.3 Å². The van der Waals surface area contributed by atoms with Crippen LogP contribution < -0.4 is 9.47 Å². The van der Waals surface area contributed by atoms with Gasteiger partial charge in [-0.3, -0.25) is 9.69 Å². The number of alkyl halides is 3. The van der Waals surface area contributed by atoms with Gasteiger partial charge >= 0.3 is 12.3 Å². The molecule has 1 amide bonds. The third kappa shape index (κ3) is 7.43. The van der Waals surface area contributed by atoms with Crippen LogP contribution in [0.5, 0.6) is 11.5 Å². The van der Waals surface area contributed by atoms with Crippen molar-refractivity contribution in [1.82, 2.24) is 9.80 Å². The summed E-state index contributed by atoms with van der Waals surface area (Å²) in [5.41, 5.74) is 1.27. The van der Waals surface area contributed by atoms with Crippen LogP contribution in [-0.4, -0.2) is 65.4 Å². The fourth-order valence-corrected chi connectivity index (χ4v) is 5.92. The summed E-state index contributed by atoms with van der Waals surface area (Å²) in [4.78, 5) is 28.0. The normalized spacial score (nSPS) is 20.3. The van der Waals surface area contributed by atoms with Gasteiger partial charge in [-0.2, -0.15) is 0 Å². The summed E-state index contributed by atoms with van der Waals surface area (Å²) in [6.45, 7) is 2.48. The van der Waals surface area contributed by atoms with E-state index in [1.807, 2.05) is 0 Å². The van der Waals surface area contributed by atoms with Crippen molar-refractivity contribution >= 4 is 23.5 Å². The summed E-state index contributed by atoms with van der Waals surface area (Å²) in [5.74, 6) is -1.98. The van der Waals surface area contributed by atoms with Crippen LogP contribution in [0.2, 0.25) is 5.02 Å². The number of hydrogen-bond donors (Lipinski definition) is 1. The molecule has 0 spiro atoms. The molecule has 3 aliphatic rings. The molecule has 2 aliphatic heterocycles. The SMILES string of the molecule is O=C(O)C1CCCN1C(=O)c1cc(C2CC2)c(OCC2CCN(Cc3cc(Cl)cc(OC(F)(F)F)c3)CC2)cc1F. The fourth-order valence-electron chi connectivity index (χ4n) is 5.68. The van der Waals surface area contributed by atoms with Gasteiger partial charge in [0.2, 0.25) is 0 Å². The molecular weight excluding hydrogens is 568 g/mol. The molecule has 2 aromatic carbocycles. The van der Waals surface area contributed by atoms with Crippen molar-refractivity contribution in [3.8, 4) is 11.5 Å². The number of rotatable bonds is 9. The number of piperidine rings is 1. The molecule has 5 rings (SSSR count). The highest BCUT2D eigenvalue weighted by Crippen LogP contribution is 2.45. The minimum absolute atomic E-state index is 0.120. The number of likely N-dealkylation sites (tertiary alicyclic amines) is 2. The Hall–Kier alpha value is -3.05. The second-order valence-corrected chi connectivity index (χ2v) is 11.4. The Morgan fingerprint density at radius 1 is 1.00 bits per heavy atom. The summed E-state index contributed by atoms with van der Waals surface area (Å²) in [5, 5.41) is 9.60. The van der Waals surface area contributed by atoms with E-state index in [-0.39, 0.29) is 34.7 Å².